The number of amides is 2. The fourth-order valence-corrected chi connectivity index (χ4v) is 3.81. The van der Waals surface area contributed by atoms with Crippen molar-refractivity contribution in [2.45, 2.75) is 26.2 Å². The number of aliphatic hydroxyl groups excluding tert-OH is 1. The molecule has 29 heavy (non-hydrogen) atoms. The third-order valence-corrected chi connectivity index (χ3v) is 5.19. The number of β-amino-alcohol motifs (C(OH)–C–C–N with tert-alkyl or cyclic N) is 1. The molecule has 0 atom stereocenters. The van der Waals surface area contributed by atoms with Gasteiger partial charge in [-0.2, -0.15) is 0 Å². The van der Waals surface area contributed by atoms with Crippen LogP contribution in [0.4, 0.5) is 0 Å². The molecule has 0 radical (unpaired) electrons. The summed E-state index contributed by atoms with van der Waals surface area (Å²) in [6.07, 6.45) is 0. The van der Waals surface area contributed by atoms with Gasteiger partial charge in [0.15, 0.2) is 0 Å². The number of para-hydroxylation sites is 1. The maximum Gasteiger partial charge on any atom is 0.261 e. The monoisotopic (exact) mass is 389 g/mol. The summed E-state index contributed by atoms with van der Waals surface area (Å²) in [7, 11) is 0. The predicted molar refractivity (Wildman–Crippen MR) is 112 cm³/mol. The molecule has 3 aromatic rings. The summed E-state index contributed by atoms with van der Waals surface area (Å²) in [6, 6.07) is 16.7. The average Bonchev–Trinajstić information content (AvgIpc) is 2.69. The van der Waals surface area contributed by atoms with E-state index in [9.17, 15) is 14.7 Å². The topological polar surface area (TPSA) is 66.8 Å². The van der Waals surface area contributed by atoms with Crippen molar-refractivity contribution in [2.75, 3.05) is 13.2 Å². The van der Waals surface area contributed by atoms with Crippen LogP contribution in [0.15, 0.2) is 54.6 Å². The highest BCUT2D eigenvalue weighted by Gasteiger charge is 2.33. The largest absolute Gasteiger partial charge is 0.456 e. The summed E-state index contributed by atoms with van der Waals surface area (Å²) in [4.78, 5) is 26.7. The van der Waals surface area contributed by atoms with Crippen molar-refractivity contribution in [1.82, 2.24) is 4.90 Å². The van der Waals surface area contributed by atoms with Crippen LogP contribution in [-0.2, 0) is 5.41 Å². The zero-order valence-electron chi connectivity index (χ0n) is 16.7. The predicted octanol–water partition coefficient (Wildman–Crippen LogP) is 4.52. The van der Waals surface area contributed by atoms with Crippen molar-refractivity contribution in [1.29, 1.82) is 0 Å². The van der Waals surface area contributed by atoms with Crippen LogP contribution in [0.5, 0.6) is 11.5 Å². The fourth-order valence-electron chi connectivity index (χ4n) is 3.81. The highest BCUT2D eigenvalue weighted by molar-refractivity contribution is 6.26. The minimum atomic E-state index is -0.394. The molecule has 1 aliphatic rings. The molecule has 0 fully saturated rings. The Hall–Kier alpha value is -3.18. The first kappa shape index (κ1) is 19.2. The number of benzene rings is 3. The Morgan fingerprint density at radius 3 is 2.24 bits per heavy atom. The van der Waals surface area contributed by atoms with E-state index in [1.165, 1.54) is 0 Å². The van der Waals surface area contributed by atoms with E-state index in [4.69, 9.17) is 4.74 Å². The third kappa shape index (κ3) is 3.17. The second-order valence-electron chi connectivity index (χ2n) is 8.17. The summed E-state index contributed by atoms with van der Waals surface area (Å²) >= 11 is 0. The molecule has 1 N–H and O–H groups in total. The zero-order chi connectivity index (χ0) is 20.8. The lowest BCUT2D eigenvalue weighted by atomic mass is 9.86. The normalized spacial score (nSPS) is 13.9. The Bertz CT molecular complexity index is 1110. The van der Waals surface area contributed by atoms with Crippen molar-refractivity contribution in [3.8, 4) is 11.5 Å². The molecule has 0 saturated heterocycles. The summed E-state index contributed by atoms with van der Waals surface area (Å²) in [6.45, 7) is 6.08. The van der Waals surface area contributed by atoms with Crippen LogP contribution >= 0.6 is 0 Å². The van der Waals surface area contributed by atoms with Gasteiger partial charge in [0, 0.05) is 27.5 Å². The summed E-state index contributed by atoms with van der Waals surface area (Å²) < 4.78 is 6.30. The molecular weight excluding hydrogens is 366 g/mol. The third-order valence-electron chi connectivity index (χ3n) is 5.19. The second kappa shape index (κ2) is 7.01. The number of imide groups is 1. The molecule has 0 aliphatic carbocycles. The standard InChI is InChI=1S/C24H23NO4/c1-24(2,3)18-9-4-5-10-20(18)29-19-12-11-17-21-15(19)7-6-8-16(21)22(27)25(13-14-26)23(17)28/h4-12,26H,13-14H2,1-3H3. The van der Waals surface area contributed by atoms with E-state index in [1.54, 1.807) is 24.3 Å². The maximum absolute atomic E-state index is 12.8. The molecular formula is C24H23NO4. The lowest BCUT2D eigenvalue weighted by Crippen LogP contribution is -2.41. The molecule has 2 amide bonds. The zero-order valence-corrected chi connectivity index (χ0v) is 16.7. The first-order valence-electron chi connectivity index (χ1n) is 9.63. The van der Waals surface area contributed by atoms with Crippen LogP contribution in [0.1, 0.15) is 47.1 Å². The van der Waals surface area contributed by atoms with Crippen molar-refractivity contribution < 1.29 is 19.4 Å². The van der Waals surface area contributed by atoms with Gasteiger partial charge in [0.1, 0.15) is 11.5 Å². The number of rotatable bonds is 4. The van der Waals surface area contributed by atoms with Gasteiger partial charge < -0.3 is 9.84 Å². The molecule has 0 saturated carbocycles. The number of hydrogen-bond donors (Lipinski definition) is 1. The van der Waals surface area contributed by atoms with Gasteiger partial charge in [-0.05, 0) is 29.7 Å². The van der Waals surface area contributed by atoms with Gasteiger partial charge in [-0.15, -0.1) is 0 Å². The van der Waals surface area contributed by atoms with Gasteiger partial charge in [0.2, 0.25) is 0 Å². The van der Waals surface area contributed by atoms with E-state index in [1.807, 2.05) is 30.3 Å². The van der Waals surface area contributed by atoms with Crippen molar-refractivity contribution in [3.63, 3.8) is 0 Å². The van der Waals surface area contributed by atoms with E-state index >= 15 is 0 Å². The second-order valence-corrected chi connectivity index (χ2v) is 8.17. The van der Waals surface area contributed by atoms with Crippen LogP contribution in [0.25, 0.3) is 10.8 Å². The van der Waals surface area contributed by atoms with Crippen LogP contribution < -0.4 is 4.74 Å². The van der Waals surface area contributed by atoms with Gasteiger partial charge in [0.25, 0.3) is 11.8 Å². The smallest absolute Gasteiger partial charge is 0.261 e. The van der Waals surface area contributed by atoms with Crippen LogP contribution in [0.2, 0.25) is 0 Å². The van der Waals surface area contributed by atoms with Crippen molar-refractivity contribution in [2.24, 2.45) is 0 Å². The summed E-state index contributed by atoms with van der Waals surface area (Å²) in [5.74, 6) is 0.554. The van der Waals surface area contributed by atoms with E-state index in [2.05, 4.69) is 20.8 Å². The fraction of sp³-hybridized carbons (Fsp3) is 0.250. The molecule has 5 nitrogen and oxygen atoms in total. The first-order valence-corrected chi connectivity index (χ1v) is 9.63. The molecule has 0 unspecified atom stereocenters. The Morgan fingerprint density at radius 1 is 0.862 bits per heavy atom. The van der Waals surface area contributed by atoms with Crippen LogP contribution in [-0.4, -0.2) is 35.0 Å². The number of nitrogens with zero attached hydrogens (tertiary/aromatic N) is 1. The quantitative estimate of drug-likeness (QED) is 0.667. The molecule has 0 bridgehead atoms. The van der Waals surface area contributed by atoms with Gasteiger partial charge in [-0.3, -0.25) is 14.5 Å². The number of carbonyl (C=O) groups excluding carboxylic acids is 2. The molecule has 5 heteroatoms. The lowest BCUT2D eigenvalue weighted by Gasteiger charge is -2.27. The minimum absolute atomic E-state index is 0.0231. The molecule has 1 heterocycles. The maximum atomic E-state index is 12.8. The van der Waals surface area contributed by atoms with Gasteiger partial charge >= 0.3 is 0 Å². The number of carbonyl (C=O) groups is 2. The number of ether oxygens (including phenoxy) is 1. The Labute approximate surface area is 169 Å². The van der Waals surface area contributed by atoms with E-state index < -0.39 is 11.8 Å². The summed E-state index contributed by atoms with van der Waals surface area (Å²) in [5.41, 5.74) is 1.86. The Morgan fingerprint density at radius 2 is 1.55 bits per heavy atom. The van der Waals surface area contributed by atoms with Crippen molar-refractivity contribution in [3.05, 3.63) is 71.3 Å². The van der Waals surface area contributed by atoms with E-state index in [-0.39, 0.29) is 18.6 Å². The van der Waals surface area contributed by atoms with Gasteiger partial charge in [0.05, 0.1) is 13.2 Å². The van der Waals surface area contributed by atoms with Gasteiger partial charge in [-0.1, -0.05) is 51.1 Å². The number of aliphatic hydroxyl groups is 1. The minimum Gasteiger partial charge on any atom is -0.456 e. The van der Waals surface area contributed by atoms with Crippen LogP contribution in [0, 0.1) is 0 Å². The molecule has 3 aromatic carbocycles. The lowest BCUT2D eigenvalue weighted by molar-refractivity contribution is 0.0580. The number of hydrogen-bond acceptors (Lipinski definition) is 4. The van der Waals surface area contributed by atoms with Gasteiger partial charge in [-0.25, -0.2) is 0 Å². The SMILES string of the molecule is CC(C)(C)c1ccccc1Oc1ccc2c3c(cccc13)C(=O)N(CCO)C2=O. The van der Waals surface area contributed by atoms with Crippen molar-refractivity contribution >= 4 is 22.6 Å². The highest BCUT2D eigenvalue weighted by Crippen LogP contribution is 2.39. The highest BCUT2D eigenvalue weighted by atomic mass is 16.5. The molecule has 0 aromatic heterocycles. The molecule has 0 spiro atoms. The Balaban J connectivity index is 1.86. The molecule has 1 aliphatic heterocycles. The van der Waals surface area contributed by atoms with E-state index in [0.717, 1.165) is 16.2 Å². The van der Waals surface area contributed by atoms with Crippen LogP contribution in [0.3, 0.4) is 0 Å². The average molecular weight is 389 g/mol. The summed E-state index contributed by atoms with van der Waals surface area (Å²) in [5, 5.41) is 10.5. The molecule has 4 rings (SSSR count). The Kier molecular flexibility index (Phi) is 4.63. The van der Waals surface area contributed by atoms with E-state index in [0.29, 0.717) is 27.6 Å². The molecule has 148 valence electrons. The first-order chi connectivity index (χ1) is 13.8.